The molecule has 1 atom stereocenters. The number of carbonyl (C=O) groups is 1. The van der Waals surface area contributed by atoms with Crippen molar-refractivity contribution in [3.8, 4) is 11.5 Å². The van der Waals surface area contributed by atoms with Gasteiger partial charge < -0.3 is 14.8 Å². The first-order valence-corrected chi connectivity index (χ1v) is 10.2. The van der Waals surface area contributed by atoms with E-state index in [1.165, 1.54) is 4.31 Å². The Balaban J connectivity index is 1.45. The van der Waals surface area contributed by atoms with Crippen LogP contribution in [0.3, 0.4) is 0 Å². The lowest BCUT2D eigenvalue weighted by atomic mass is 9.97. The van der Waals surface area contributed by atoms with Gasteiger partial charge in [0.2, 0.25) is 15.9 Å². The SMILES string of the molecule is CCS(=O)(=O)N1CCC(C(=O)NC[C@@H]2COc3ccccc3O2)CC1. The highest BCUT2D eigenvalue weighted by Gasteiger charge is 2.30. The van der Waals surface area contributed by atoms with Crippen LogP contribution in [0.4, 0.5) is 0 Å². The molecule has 8 heteroatoms. The molecule has 0 saturated carbocycles. The quantitative estimate of drug-likeness (QED) is 0.838. The van der Waals surface area contributed by atoms with Gasteiger partial charge in [0, 0.05) is 19.0 Å². The molecule has 2 aliphatic rings. The monoisotopic (exact) mass is 368 g/mol. The fourth-order valence-corrected chi connectivity index (χ4v) is 4.23. The maximum Gasteiger partial charge on any atom is 0.223 e. The molecule has 0 bridgehead atoms. The predicted molar refractivity (Wildman–Crippen MR) is 93.1 cm³/mol. The Hall–Kier alpha value is -1.80. The van der Waals surface area contributed by atoms with E-state index in [0.29, 0.717) is 44.8 Å². The Morgan fingerprint density at radius 1 is 1.24 bits per heavy atom. The summed E-state index contributed by atoms with van der Waals surface area (Å²) < 4.78 is 36.6. The molecule has 25 heavy (non-hydrogen) atoms. The van der Waals surface area contributed by atoms with Gasteiger partial charge in [0.15, 0.2) is 11.5 Å². The number of nitrogens with one attached hydrogen (secondary N) is 1. The summed E-state index contributed by atoms with van der Waals surface area (Å²) in [4.78, 5) is 12.3. The van der Waals surface area contributed by atoms with Gasteiger partial charge in [-0.05, 0) is 31.9 Å². The number of amides is 1. The number of sulfonamides is 1. The van der Waals surface area contributed by atoms with E-state index in [1.54, 1.807) is 6.92 Å². The lowest BCUT2D eigenvalue weighted by Gasteiger charge is -2.31. The largest absolute Gasteiger partial charge is 0.486 e. The van der Waals surface area contributed by atoms with Crippen LogP contribution in [0, 0.1) is 5.92 Å². The van der Waals surface area contributed by atoms with Gasteiger partial charge in [-0.3, -0.25) is 4.79 Å². The van der Waals surface area contributed by atoms with Crippen molar-refractivity contribution in [2.75, 3.05) is 32.0 Å². The van der Waals surface area contributed by atoms with Crippen molar-refractivity contribution in [2.45, 2.75) is 25.9 Å². The van der Waals surface area contributed by atoms with Crippen LogP contribution in [0.2, 0.25) is 0 Å². The number of piperidine rings is 1. The highest BCUT2D eigenvalue weighted by atomic mass is 32.2. The van der Waals surface area contributed by atoms with Crippen LogP contribution in [0.1, 0.15) is 19.8 Å². The van der Waals surface area contributed by atoms with E-state index in [1.807, 2.05) is 24.3 Å². The van der Waals surface area contributed by atoms with Crippen LogP contribution in [0.25, 0.3) is 0 Å². The molecule has 1 aromatic rings. The molecular formula is C17H24N2O5S. The standard InChI is InChI=1S/C17H24N2O5S/c1-2-25(21,22)19-9-7-13(8-10-19)17(20)18-11-14-12-23-15-5-3-4-6-16(15)24-14/h3-6,13-14H,2,7-12H2,1H3,(H,18,20)/t14-/m1/s1. The Bertz CT molecular complexity index is 714. The second kappa shape index (κ2) is 7.61. The zero-order valence-corrected chi connectivity index (χ0v) is 15.1. The zero-order chi connectivity index (χ0) is 17.9. The van der Waals surface area contributed by atoms with Gasteiger partial charge in [0.05, 0.1) is 12.3 Å². The number of carbonyl (C=O) groups excluding carboxylic acids is 1. The average molecular weight is 368 g/mol. The summed E-state index contributed by atoms with van der Waals surface area (Å²) in [7, 11) is -3.16. The number of rotatable bonds is 5. The minimum atomic E-state index is -3.16. The highest BCUT2D eigenvalue weighted by Crippen LogP contribution is 2.30. The molecule has 1 aromatic carbocycles. The van der Waals surface area contributed by atoms with E-state index < -0.39 is 10.0 Å². The summed E-state index contributed by atoms with van der Waals surface area (Å²) >= 11 is 0. The predicted octanol–water partition coefficient (Wildman–Crippen LogP) is 1.00. The third kappa shape index (κ3) is 4.24. The molecule has 3 rings (SSSR count). The molecule has 0 spiro atoms. The molecule has 7 nitrogen and oxygen atoms in total. The third-order valence-corrected chi connectivity index (χ3v) is 6.54. The summed E-state index contributed by atoms with van der Waals surface area (Å²) in [6.07, 6.45) is 0.880. The first-order valence-electron chi connectivity index (χ1n) is 8.63. The van der Waals surface area contributed by atoms with Gasteiger partial charge >= 0.3 is 0 Å². The second-order valence-electron chi connectivity index (χ2n) is 6.32. The van der Waals surface area contributed by atoms with Gasteiger partial charge in [-0.15, -0.1) is 0 Å². The molecule has 0 aliphatic carbocycles. The van der Waals surface area contributed by atoms with Crippen LogP contribution in [0.15, 0.2) is 24.3 Å². The molecule has 2 aliphatic heterocycles. The molecule has 0 unspecified atom stereocenters. The molecule has 0 radical (unpaired) electrons. The van der Waals surface area contributed by atoms with E-state index in [9.17, 15) is 13.2 Å². The van der Waals surface area contributed by atoms with Crippen molar-refractivity contribution in [2.24, 2.45) is 5.92 Å². The van der Waals surface area contributed by atoms with Crippen molar-refractivity contribution in [1.29, 1.82) is 0 Å². The second-order valence-corrected chi connectivity index (χ2v) is 8.57. The summed E-state index contributed by atoms with van der Waals surface area (Å²) in [6, 6.07) is 7.45. The maximum atomic E-state index is 12.3. The molecule has 2 heterocycles. The Kier molecular flexibility index (Phi) is 5.48. The molecule has 1 N–H and O–H groups in total. The van der Waals surface area contributed by atoms with Crippen LogP contribution < -0.4 is 14.8 Å². The van der Waals surface area contributed by atoms with E-state index >= 15 is 0 Å². The lowest BCUT2D eigenvalue weighted by Crippen LogP contribution is -2.46. The van der Waals surface area contributed by atoms with Crippen LogP contribution in [-0.2, 0) is 14.8 Å². The number of benzene rings is 1. The fourth-order valence-electron chi connectivity index (χ4n) is 3.10. The van der Waals surface area contributed by atoms with Gasteiger partial charge in [0.25, 0.3) is 0 Å². The summed E-state index contributed by atoms with van der Waals surface area (Å²) in [6.45, 7) is 3.22. The van der Waals surface area contributed by atoms with E-state index in [0.717, 1.165) is 5.75 Å². The van der Waals surface area contributed by atoms with Crippen molar-refractivity contribution in [3.05, 3.63) is 24.3 Å². The van der Waals surface area contributed by atoms with Crippen molar-refractivity contribution in [3.63, 3.8) is 0 Å². The van der Waals surface area contributed by atoms with Crippen molar-refractivity contribution >= 4 is 15.9 Å². The number of nitrogens with zero attached hydrogens (tertiary/aromatic N) is 1. The Labute approximate surface area is 148 Å². The Morgan fingerprint density at radius 2 is 1.92 bits per heavy atom. The van der Waals surface area contributed by atoms with Crippen molar-refractivity contribution in [1.82, 2.24) is 9.62 Å². The summed E-state index contributed by atoms with van der Waals surface area (Å²) in [5.74, 6) is 1.31. The van der Waals surface area contributed by atoms with Crippen LogP contribution in [0.5, 0.6) is 11.5 Å². The number of fused-ring (bicyclic) bond motifs is 1. The summed E-state index contributed by atoms with van der Waals surface area (Å²) in [5.41, 5.74) is 0. The minimum Gasteiger partial charge on any atom is -0.486 e. The lowest BCUT2D eigenvalue weighted by molar-refractivity contribution is -0.126. The normalized spacial score (nSPS) is 21.7. The van der Waals surface area contributed by atoms with Gasteiger partial charge in [-0.2, -0.15) is 0 Å². The highest BCUT2D eigenvalue weighted by molar-refractivity contribution is 7.89. The minimum absolute atomic E-state index is 0.0454. The first kappa shape index (κ1) is 18.0. The molecule has 1 amide bonds. The number of hydrogen-bond donors (Lipinski definition) is 1. The number of ether oxygens (including phenoxy) is 2. The molecule has 138 valence electrons. The smallest absolute Gasteiger partial charge is 0.223 e. The summed E-state index contributed by atoms with van der Waals surface area (Å²) in [5, 5.41) is 2.91. The molecular weight excluding hydrogens is 344 g/mol. The molecule has 1 fully saturated rings. The first-order chi connectivity index (χ1) is 12.0. The maximum absolute atomic E-state index is 12.3. The van der Waals surface area contributed by atoms with Crippen molar-refractivity contribution < 1.29 is 22.7 Å². The average Bonchev–Trinajstić information content (AvgIpc) is 2.66. The molecule has 0 aromatic heterocycles. The fraction of sp³-hybridized carbons (Fsp3) is 0.588. The van der Waals surface area contributed by atoms with Crippen LogP contribution >= 0.6 is 0 Å². The van der Waals surface area contributed by atoms with Crippen LogP contribution in [-0.4, -0.2) is 56.7 Å². The number of hydrogen-bond acceptors (Lipinski definition) is 5. The van der Waals surface area contributed by atoms with Gasteiger partial charge in [0.1, 0.15) is 12.7 Å². The Morgan fingerprint density at radius 3 is 2.60 bits per heavy atom. The van der Waals surface area contributed by atoms with E-state index in [4.69, 9.17) is 9.47 Å². The number of para-hydroxylation sites is 2. The topological polar surface area (TPSA) is 84.9 Å². The van der Waals surface area contributed by atoms with Gasteiger partial charge in [-0.1, -0.05) is 12.1 Å². The third-order valence-electron chi connectivity index (χ3n) is 4.65. The zero-order valence-electron chi connectivity index (χ0n) is 14.3. The van der Waals surface area contributed by atoms with E-state index in [-0.39, 0.29) is 23.7 Å². The van der Waals surface area contributed by atoms with Gasteiger partial charge in [-0.25, -0.2) is 12.7 Å². The van der Waals surface area contributed by atoms with E-state index in [2.05, 4.69) is 5.32 Å². The molecule has 1 saturated heterocycles.